The zero-order chi connectivity index (χ0) is 25.7. The number of rotatable bonds is 10. The minimum Gasteiger partial charge on any atom is -0.507 e. The molecular formula is C29H31NO5S. The molecule has 0 radical (unpaired) electrons. The van der Waals surface area contributed by atoms with E-state index < -0.39 is 17.7 Å². The number of thiophene rings is 1. The van der Waals surface area contributed by atoms with E-state index in [4.69, 9.17) is 9.47 Å². The molecule has 3 aromatic rings. The quantitative estimate of drug-likeness (QED) is 0.161. The van der Waals surface area contributed by atoms with Crippen molar-refractivity contribution in [2.24, 2.45) is 0 Å². The molecular weight excluding hydrogens is 474 g/mol. The molecule has 36 heavy (non-hydrogen) atoms. The van der Waals surface area contributed by atoms with Gasteiger partial charge >= 0.3 is 0 Å². The standard InChI is InChI=1S/C29H31NO5S/c1-19(2)34-15-8-14-30-26(24-11-7-16-36-24)25(28(32)29(30)33)27(31)22-12-13-23(20(3)17-22)35-18-21-9-5-4-6-10-21/h4-7,9-13,16-17,19,26,31H,8,14-15,18H2,1-3H3/b27-25-. The Morgan fingerprint density at radius 1 is 1.08 bits per heavy atom. The summed E-state index contributed by atoms with van der Waals surface area (Å²) in [6, 6.07) is 18.3. The number of ether oxygens (including phenoxy) is 2. The van der Waals surface area contributed by atoms with Gasteiger partial charge in [-0.3, -0.25) is 9.59 Å². The van der Waals surface area contributed by atoms with Gasteiger partial charge in [0.15, 0.2) is 0 Å². The Morgan fingerprint density at radius 2 is 1.86 bits per heavy atom. The SMILES string of the molecule is Cc1cc(/C(O)=C2/C(=O)C(=O)N(CCCOC(C)C)C2c2cccs2)ccc1OCc1ccccc1. The summed E-state index contributed by atoms with van der Waals surface area (Å²) in [5.74, 6) is -0.752. The average molecular weight is 506 g/mol. The normalized spacial score (nSPS) is 17.2. The molecule has 2 aromatic carbocycles. The van der Waals surface area contributed by atoms with Crippen LogP contribution in [0.4, 0.5) is 0 Å². The molecule has 188 valence electrons. The first-order chi connectivity index (χ1) is 17.4. The molecule has 0 saturated carbocycles. The molecule has 1 saturated heterocycles. The molecule has 0 aliphatic carbocycles. The molecule has 1 unspecified atom stereocenters. The fourth-order valence-corrected chi connectivity index (χ4v) is 5.10. The number of aliphatic hydroxyl groups excluding tert-OH is 1. The lowest BCUT2D eigenvalue weighted by Gasteiger charge is -2.24. The van der Waals surface area contributed by atoms with Gasteiger partial charge in [0.05, 0.1) is 17.7 Å². The topological polar surface area (TPSA) is 76.1 Å². The predicted octanol–water partition coefficient (Wildman–Crippen LogP) is 5.87. The molecule has 0 spiro atoms. The lowest BCUT2D eigenvalue weighted by Crippen LogP contribution is -2.31. The third-order valence-corrected chi connectivity index (χ3v) is 6.96. The van der Waals surface area contributed by atoms with Crippen LogP contribution in [-0.2, 0) is 20.9 Å². The van der Waals surface area contributed by atoms with E-state index in [1.54, 1.807) is 23.1 Å². The van der Waals surface area contributed by atoms with Crippen LogP contribution < -0.4 is 4.74 Å². The first-order valence-electron chi connectivity index (χ1n) is 12.1. The maximum absolute atomic E-state index is 13.1. The van der Waals surface area contributed by atoms with Crippen LogP contribution in [0, 0.1) is 6.92 Å². The van der Waals surface area contributed by atoms with E-state index >= 15 is 0 Å². The summed E-state index contributed by atoms with van der Waals surface area (Å²) in [5, 5.41) is 13.2. The Bertz CT molecular complexity index is 1230. The molecule has 7 heteroatoms. The summed E-state index contributed by atoms with van der Waals surface area (Å²) in [7, 11) is 0. The van der Waals surface area contributed by atoms with Crippen LogP contribution in [0.2, 0.25) is 0 Å². The number of benzene rings is 2. The molecule has 1 fully saturated rings. The van der Waals surface area contributed by atoms with Gasteiger partial charge in [0.2, 0.25) is 0 Å². The van der Waals surface area contributed by atoms with Gasteiger partial charge in [0.1, 0.15) is 18.1 Å². The fourth-order valence-electron chi connectivity index (χ4n) is 4.26. The maximum Gasteiger partial charge on any atom is 0.295 e. The number of nitrogens with zero attached hydrogens (tertiary/aromatic N) is 1. The summed E-state index contributed by atoms with van der Waals surface area (Å²) in [6.45, 7) is 7.08. The van der Waals surface area contributed by atoms with Crippen LogP contribution in [-0.4, -0.2) is 41.0 Å². The molecule has 6 nitrogen and oxygen atoms in total. The van der Waals surface area contributed by atoms with Crippen LogP contribution in [0.5, 0.6) is 5.75 Å². The van der Waals surface area contributed by atoms with Gasteiger partial charge < -0.3 is 19.5 Å². The zero-order valence-corrected chi connectivity index (χ0v) is 21.6. The zero-order valence-electron chi connectivity index (χ0n) is 20.8. The van der Waals surface area contributed by atoms with E-state index in [2.05, 4.69) is 0 Å². The number of amides is 1. The van der Waals surface area contributed by atoms with E-state index in [-0.39, 0.29) is 17.4 Å². The molecule has 0 bridgehead atoms. The monoisotopic (exact) mass is 505 g/mol. The predicted molar refractivity (Wildman–Crippen MR) is 141 cm³/mol. The fraction of sp³-hybridized carbons (Fsp3) is 0.310. The summed E-state index contributed by atoms with van der Waals surface area (Å²) >= 11 is 1.46. The lowest BCUT2D eigenvalue weighted by molar-refractivity contribution is -0.140. The van der Waals surface area contributed by atoms with Crippen molar-refractivity contribution in [1.82, 2.24) is 4.90 Å². The van der Waals surface area contributed by atoms with Crippen LogP contribution in [0.1, 0.15) is 47.9 Å². The number of aliphatic hydroxyl groups is 1. The molecule has 1 N–H and O–H groups in total. The van der Waals surface area contributed by atoms with Gasteiger partial charge in [-0.05, 0) is 68.0 Å². The molecule has 4 rings (SSSR count). The number of carbonyl (C=O) groups is 2. The molecule has 1 amide bonds. The van der Waals surface area contributed by atoms with Gasteiger partial charge in [-0.1, -0.05) is 36.4 Å². The van der Waals surface area contributed by atoms with Crippen LogP contribution in [0.25, 0.3) is 5.76 Å². The largest absolute Gasteiger partial charge is 0.507 e. The van der Waals surface area contributed by atoms with Crippen molar-refractivity contribution in [2.45, 2.75) is 45.9 Å². The van der Waals surface area contributed by atoms with E-state index in [9.17, 15) is 14.7 Å². The number of likely N-dealkylation sites (tertiary alicyclic amines) is 1. The van der Waals surface area contributed by atoms with Crippen molar-refractivity contribution < 1.29 is 24.2 Å². The molecule has 1 aromatic heterocycles. The number of hydrogen-bond acceptors (Lipinski definition) is 6. The summed E-state index contributed by atoms with van der Waals surface area (Å²) in [4.78, 5) is 28.5. The molecule has 1 aliphatic heterocycles. The summed E-state index contributed by atoms with van der Waals surface area (Å²) in [6.07, 6.45) is 0.691. The average Bonchev–Trinajstić information content (AvgIpc) is 3.48. The van der Waals surface area contributed by atoms with Crippen molar-refractivity contribution >= 4 is 28.8 Å². The summed E-state index contributed by atoms with van der Waals surface area (Å²) in [5.41, 5.74) is 2.47. The smallest absolute Gasteiger partial charge is 0.295 e. The minimum atomic E-state index is -0.669. The van der Waals surface area contributed by atoms with Gasteiger partial charge in [0, 0.05) is 23.6 Å². The first kappa shape index (κ1) is 25.7. The van der Waals surface area contributed by atoms with Gasteiger partial charge in [-0.2, -0.15) is 0 Å². The molecule has 1 aliphatic rings. The lowest BCUT2D eigenvalue weighted by atomic mass is 9.98. The van der Waals surface area contributed by atoms with Crippen molar-refractivity contribution in [3.63, 3.8) is 0 Å². The Morgan fingerprint density at radius 3 is 2.53 bits per heavy atom. The van der Waals surface area contributed by atoms with Crippen molar-refractivity contribution in [2.75, 3.05) is 13.2 Å². The van der Waals surface area contributed by atoms with E-state index in [1.165, 1.54) is 11.3 Å². The van der Waals surface area contributed by atoms with Gasteiger partial charge in [-0.15, -0.1) is 11.3 Å². The Balaban J connectivity index is 1.60. The number of carbonyl (C=O) groups excluding carboxylic acids is 2. The van der Waals surface area contributed by atoms with Crippen molar-refractivity contribution in [1.29, 1.82) is 0 Å². The highest BCUT2D eigenvalue weighted by Crippen LogP contribution is 2.41. The number of ketones is 1. The van der Waals surface area contributed by atoms with Gasteiger partial charge in [-0.25, -0.2) is 0 Å². The molecule has 1 atom stereocenters. The van der Waals surface area contributed by atoms with Crippen molar-refractivity contribution in [3.8, 4) is 5.75 Å². The number of hydrogen-bond donors (Lipinski definition) is 1. The molecule has 2 heterocycles. The maximum atomic E-state index is 13.1. The second-order valence-electron chi connectivity index (χ2n) is 9.04. The van der Waals surface area contributed by atoms with E-state index in [0.29, 0.717) is 37.5 Å². The van der Waals surface area contributed by atoms with Crippen LogP contribution in [0.15, 0.2) is 71.6 Å². The van der Waals surface area contributed by atoms with Crippen LogP contribution >= 0.6 is 11.3 Å². The third-order valence-electron chi connectivity index (χ3n) is 6.03. The third kappa shape index (κ3) is 5.69. The number of Topliss-reactive ketones (excluding diaryl/α,β-unsaturated/α-hetero) is 1. The van der Waals surface area contributed by atoms with E-state index in [0.717, 1.165) is 16.0 Å². The Hall–Kier alpha value is -3.42. The Labute approximate surface area is 215 Å². The van der Waals surface area contributed by atoms with Crippen LogP contribution in [0.3, 0.4) is 0 Å². The Kier molecular flexibility index (Phi) is 8.23. The second kappa shape index (κ2) is 11.5. The summed E-state index contributed by atoms with van der Waals surface area (Å²) < 4.78 is 11.6. The number of aryl methyl sites for hydroxylation is 1. The first-order valence-corrected chi connectivity index (χ1v) is 13.0. The minimum absolute atomic E-state index is 0.0939. The van der Waals surface area contributed by atoms with Gasteiger partial charge in [0.25, 0.3) is 11.7 Å². The second-order valence-corrected chi connectivity index (χ2v) is 10.0. The van der Waals surface area contributed by atoms with Crippen molar-refractivity contribution in [3.05, 3.63) is 93.2 Å². The van der Waals surface area contributed by atoms with E-state index in [1.807, 2.05) is 68.6 Å². The highest BCUT2D eigenvalue weighted by atomic mass is 32.1. The highest BCUT2D eigenvalue weighted by molar-refractivity contribution is 7.10. The highest BCUT2D eigenvalue weighted by Gasteiger charge is 2.46.